The molecule has 24 heavy (non-hydrogen) atoms. The third-order valence-corrected chi connectivity index (χ3v) is 5.83. The Morgan fingerprint density at radius 2 is 2.04 bits per heavy atom. The molecular weight excluding hydrogens is 333 g/mol. The molecule has 1 aromatic rings. The molecule has 1 fully saturated rings. The van der Waals surface area contributed by atoms with E-state index < -0.39 is 15.8 Å². The van der Waals surface area contributed by atoms with Gasteiger partial charge in [-0.3, -0.25) is 4.79 Å². The van der Waals surface area contributed by atoms with E-state index in [1.54, 1.807) is 13.0 Å². The molecule has 0 spiro atoms. The van der Waals surface area contributed by atoms with Crippen LogP contribution in [0.2, 0.25) is 0 Å². The van der Waals surface area contributed by atoms with Crippen LogP contribution in [0.3, 0.4) is 0 Å². The standard InChI is InChI=1S/C17H24FNO4S/c1-3-24(21,22)19-17-7-5-4-6-13(17)11-23-14-8-9-15(12(2)20)16(18)10-14/h8-10,13,17,19H,3-7,11H2,1-2H3/t13-,17+/m0/s1. The van der Waals surface area contributed by atoms with E-state index in [1.807, 2.05) is 0 Å². The van der Waals surface area contributed by atoms with Crippen LogP contribution in [0.4, 0.5) is 4.39 Å². The molecule has 0 radical (unpaired) electrons. The summed E-state index contributed by atoms with van der Waals surface area (Å²) in [5.41, 5.74) is 0.0357. The Hall–Kier alpha value is -1.47. The fourth-order valence-electron chi connectivity index (χ4n) is 2.95. The van der Waals surface area contributed by atoms with Crippen molar-refractivity contribution < 1.29 is 22.3 Å². The molecule has 5 nitrogen and oxygen atoms in total. The first kappa shape index (κ1) is 18.9. The molecule has 134 valence electrons. The van der Waals surface area contributed by atoms with Crippen LogP contribution in [0.15, 0.2) is 18.2 Å². The lowest BCUT2D eigenvalue weighted by Gasteiger charge is -2.31. The van der Waals surface area contributed by atoms with E-state index in [0.29, 0.717) is 12.4 Å². The van der Waals surface area contributed by atoms with Crippen LogP contribution in [0, 0.1) is 11.7 Å². The third-order valence-electron chi connectivity index (χ3n) is 4.40. The number of carbonyl (C=O) groups excluding carboxylic acids is 1. The fraction of sp³-hybridized carbons (Fsp3) is 0.588. The molecule has 0 amide bonds. The Balaban J connectivity index is 2.01. The average molecular weight is 357 g/mol. The summed E-state index contributed by atoms with van der Waals surface area (Å²) < 4.78 is 45.8. The number of carbonyl (C=O) groups is 1. The highest BCUT2D eigenvalue weighted by molar-refractivity contribution is 7.89. The van der Waals surface area contributed by atoms with Crippen molar-refractivity contribution in [1.82, 2.24) is 4.72 Å². The molecule has 1 saturated carbocycles. The maximum atomic E-state index is 13.8. The molecular formula is C17H24FNO4S. The monoisotopic (exact) mass is 357 g/mol. The number of ketones is 1. The first-order chi connectivity index (χ1) is 11.3. The number of ether oxygens (including phenoxy) is 1. The van der Waals surface area contributed by atoms with Gasteiger partial charge in [-0.2, -0.15) is 0 Å². The van der Waals surface area contributed by atoms with Crippen LogP contribution in [-0.2, 0) is 10.0 Å². The Bertz CT molecular complexity index is 690. The van der Waals surface area contributed by atoms with Crippen molar-refractivity contribution >= 4 is 15.8 Å². The van der Waals surface area contributed by atoms with E-state index in [2.05, 4.69) is 4.72 Å². The highest BCUT2D eigenvalue weighted by atomic mass is 32.2. The van der Waals surface area contributed by atoms with Gasteiger partial charge in [-0.05, 0) is 38.8 Å². The molecule has 1 aliphatic carbocycles. The van der Waals surface area contributed by atoms with Crippen molar-refractivity contribution in [2.75, 3.05) is 12.4 Å². The molecule has 2 atom stereocenters. The van der Waals surface area contributed by atoms with Crippen LogP contribution in [0.5, 0.6) is 5.75 Å². The zero-order valence-electron chi connectivity index (χ0n) is 14.0. The number of hydrogen-bond acceptors (Lipinski definition) is 4. The van der Waals surface area contributed by atoms with Gasteiger partial charge >= 0.3 is 0 Å². The second kappa shape index (κ2) is 8.07. The van der Waals surface area contributed by atoms with Gasteiger partial charge in [-0.15, -0.1) is 0 Å². The van der Waals surface area contributed by atoms with E-state index in [0.717, 1.165) is 25.7 Å². The first-order valence-electron chi connectivity index (χ1n) is 8.25. The van der Waals surface area contributed by atoms with Gasteiger partial charge in [0.1, 0.15) is 11.6 Å². The molecule has 1 aromatic carbocycles. The highest BCUT2D eigenvalue weighted by Crippen LogP contribution is 2.26. The summed E-state index contributed by atoms with van der Waals surface area (Å²) in [7, 11) is -3.26. The van der Waals surface area contributed by atoms with Gasteiger partial charge in [-0.25, -0.2) is 17.5 Å². The van der Waals surface area contributed by atoms with Crippen molar-refractivity contribution in [3.8, 4) is 5.75 Å². The molecule has 1 N–H and O–H groups in total. The maximum Gasteiger partial charge on any atom is 0.211 e. The zero-order chi connectivity index (χ0) is 17.7. The van der Waals surface area contributed by atoms with Crippen molar-refractivity contribution in [3.63, 3.8) is 0 Å². The summed E-state index contributed by atoms with van der Waals surface area (Å²) >= 11 is 0. The average Bonchev–Trinajstić information content (AvgIpc) is 2.53. The van der Waals surface area contributed by atoms with Crippen molar-refractivity contribution in [2.24, 2.45) is 5.92 Å². The van der Waals surface area contributed by atoms with E-state index in [1.165, 1.54) is 19.1 Å². The molecule has 2 rings (SSSR count). The van der Waals surface area contributed by atoms with E-state index in [9.17, 15) is 17.6 Å². The number of halogens is 1. The summed E-state index contributed by atoms with van der Waals surface area (Å²) in [6.07, 6.45) is 3.65. The highest BCUT2D eigenvalue weighted by Gasteiger charge is 2.28. The lowest BCUT2D eigenvalue weighted by Crippen LogP contribution is -2.44. The minimum atomic E-state index is -3.26. The van der Waals surface area contributed by atoms with Gasteiger partial charge in [-0.1, -0.05) is 12.8 Å². The summed E-state index contributed by atoms with van der Waals surface area (Å²) in [5, 5.41) is 0. The molecule has 0 aliphatic heterocycles. The smallest absolute Gasteiger partial charge is 0.211 e. The lowest BCUT2D eigenvalue weighted by atomic mass is 9.86. The molecule has 1 aliphatic rings. The van der Waals surface area contributed by atoms with Gasteiger partial charge in [0.2, 0.25) is 10.0 Å². The topological polar surface area (TPSA) is 72.5 Å². The molecule has 7 heteroatoms. The Morgan fingerprint density at radius 1 is 1.33 bits per heavy atom. The third kappa shape index (κ3) is 5.01. The van der Waals surface area contributed by atoms with E-state index in [-0.39, 0.29) is 29.1 Å². The van der Waals surface area contributed by atoms with Crippen molar-refractivity contribution in [2.45, 2.75) is 45.6 Å². The normalized spacial score (nSPS) is 21.5. The summed E-state index contributed by atoms with van der Waals surface area (Å²) in [5.74, 6) is -0.488. The van der Waals surface area contributed by atoms with Crippen LogP contribution in [0.1, 0.15) is 49.9 Å². The van der Waals surface area contributed by atoms with Crippen molar-refractivity contribution in [1.29, 1.82) is 0 Å². The quantitative estimate of drug-likeness (QED) is 0.762. The van der Waals surface area contributed by atoms with Gasteiger partial charge in [0.05, 0.1) is 17.9 Å². The second-order valence-corrected chi connectivity index (χ2v) is 8.22. The molecule has 0 saturated heterocycles. The van der Waals surface area contributed by atoms with Crippen LogP contribution >= 0.6 is 0 Å². The maximum absolute atomic E-state index is 13.8. The number of Topliss-reactive ketones (excluding diaryl/α,β-unsaturated/α-hetero) is 1. The number of hydrogen-bond donors (Lipinski definition) is 1. The first-order valence-corrected chi connectivity index (χ1v) is 9.91. The molecule has 0 unspecified atom stereocenters. The number of benzene rings is 1. The Kier molecular flexibility index (Phi) is 6.34. The summed E-state index contributed by atoms with van der Waals surface area (Å²) in [4.78, 5) is 11.2. The van der Waals surface area contributed by atoms with Crippen molar-refractivity contribution in [3.05, 3.63) is 29.6 Å². The Labute approximate surface area is 142 Å². The van der Waals surface area contributed by atoms with E-state index >= 15 is 0 Å². The zero-order valence-corrected chi connectivity index (χ0v) is 14.9. The van der Waals surface area contributed by atoms with E-state index in [4.69, 9.17) is 4.74 Å². The summed E-state index contributed by atoms with van der Waals surface area (Å²) in [6, 6.07) is 4.02. The minimum Gasteiger partial charge on any atom is -0.493 e. The fourth-order valence-corrected chi connectivity index (χ4v) is 3.89. The summed E-state index contributed by atoms with van der Waals surface area (Å²) in [6.45, 7) is 3.23. The van der Waals surface area contributed by atoms with Gasteiger partial charge in [0.25, 0.3) is 0 Å². The van der Waals surface area contributed by atoms with Crippen LogP contribution in [0.25, 0.3) is 0 Å². The van der Waals surface area contributed by atoms with Gasteiger partial charge < -0.3 is 4.74 Å². The number of sulfonamides is 1. The molecule has 0 heterocycles. The predicted molar refractivity (Wildman–Crippen MR) is 90.2 cm³/mol. The second-order valence-electron chi connectivity index (χ2n) is 6.18. The molecule has 0 aromatic heterocycles. The number of rotatable bonds is 7. The largest absolute Gasteiger partial charge is 0.493 e. The van der Waals surface area contributed by atoms with Gasteiger partial charge in [0, 0.05) is 18.0 Å². The number of nitrogens with one attached hydrogen (secondary N) is 1. The Morgan fingerprint density at radius 3 is 2.67 bits per heavy atom. The SMILES string of the molecule is CCS(=O)(=O)N[C@@H]1CCCC[C@H]1COc1ccc(C(C)=O)c(F)c1. The van der Waals surface area contributed by atoms with Crippen LogP contribution < -0.4 is 9.46 Å². The molecule has 0 bridgehead atoms. The lowest BCUT2D eigenvalue weighted by molar-refractivity contribution is 0.101. The predicted octanol–water partition coefficient (Wildman–Crippen LogP) is 2.91. The van der Waals surface area contributed by atoms with Gasteiger partial charge in [0.15, 0.2) is 5.78 Å². The minimum absolute atomic E-state index is 0.0357. The van der Waals surface area contributed by atoms with Crippen LogP contribution in [-0.4, -0.2) is 32.6 Å².